The molecule has 0 rings (SSSR count). The monoisotopic (exact) mass is 249 g/mol. The Morgan fingerprint density at radius 1 is 1.06 bits per heavy atom. The number of carbonyl (C=O) groups is 3. The number of hydrogen-bond donors (Lipinski definition) is 3. The van der Waals surface area contributed by atoms with E-state index in [-0.39, 0.29) is 0 Å². The van der Waals surface area contributed by atoms with Gasteiger partial charge in [-0.2, -0.15) is 0 Å². The fourth-order valence-corrected chi connectivity index (χ4v) is 0.143. The van der Waals surface area contributed by atoms with E-state index in [0.29, 0.717) is 12.2 Å². The Hall–Kier alpha value is -2.08. The highest BCUT2D eigenvalue weighted by atomic mass is 35.5. The molecule has 1 amide bonds. The number of primary amides is 1. The third kappa shape index (κ3) is 58.7. The standard InChI is InChI=1S/C4H4O4.C3H5NO.C2H3Cl/c5-3(6)1-2-4(7)8;1-2-3(4)5;1-2-3/h1-2H,(H,5,6)(H,7,8);2H,1H2,(H2,4,5);2H,1H2/b2-1-;;. The van der Waals surface area contributed by atoms with E-state index in [0.717, 1.165) is 6.08 Å². The second-order valence-corrected chi connectivity index (χ2v) is 2.08. The van der Waals surface area contributed by atoms with E-state index in [9.17, 15) is 14.4 Å². The first-order valence-electron chi connectivity index (χ1n) is 3.58. The summed E-state index contributed by atoms with van der Waals surface area (Å²) in [6.07, 6.45) is 2.17. The van der Waals surface area contributed by atoms with Crippen LogP contribution in [0, 0.1) is 0 Å². The highest BCUT2D eigenvalue weighted by Gasteiger charge is 1.88. The van der Waals surface area contributed by atoms with Gasteiger partial charge >= 0.3 is 11.9 Å². The number of hydrogen-bond acceptors (Lipinski definition) is 3. The van der Waals surface area contributed by atoms with Gasteiger partial charge < -0.3 is 15.9 Å². The zero-order chi connectivity index (χ0) is 13.6. The molecule has 90 valence electrons. The van der Waals surface area contributed by atoms with Gasteiger partial charge in [0.1, 0.15) is 0 Å². The fraction of sp³-hybridized carbons (Fsp3) is 0. The predicted octanol–water partition coefficient (Wildman–Crippen LogP) is 0.738. The molecule has 0 aliphatic heterocycles. The molecular formula is C9H12ClNO5. The molecule has 0 fully saturated rings. The fourth-order valence-electron chi connectivity index (χ4n) is 0.143. The summed E-state index contributed by atoms with van der Waals surface area (Å²) >= 11 is 4.76. The van der Waals surface area contributed by atoms with Crippen LogP contribution in [0.15, 0.2) is 36.9 Å². The molecule has 0 aromatic carbocycles. The average molecular weight is 250 g/mol. The van der Waals surface area contributed by atoms with Gasteiger partial charge in [-0.25, -0.2) is 9.59 Å². The number of carboxylic acid groups (broad SMARTS) is 2. The first kappa shape index (κ1) is 19.5. The van der Waals surface area contributed by atoms with Crippen LogP contribution in [0.3, 0.4) is 0 Å². The molecule has 0 aromatic heterocycles. The van der Waals surface area contributed by atoms with E-state index < -0.39 is 17.8 Å². The lowest BCUT2D eigenvalue weighted by Gasteiger charge is -1.74. The molecule has 0 unspecified atom stereocenters. The molecule has 0 atom stereocenters. The van der Waals surface area contributed by atoms with Crippen LogP contribution in [0.2, 0.25) is 0 Å². The van der Waals surface area contributed by atoms with Crippen molar-refractivity contribution in [1.29, 1.82) is 0 Å². The van der Waals surface area contributed by atoms with Gasteiger partial charge in [0.2, 0.25) is 5.91 Å². The van der Waals surface area contributed by atoms with Gasteiger partial charge in [-0.1, -0.05) is 24.8 Å². The predicted molar refractivity (Wildman–Crippen MR) is 59.9 cm³/mol. The van der Waals surface area contributed by atoms with Gasteiger partial charge in [-0.3, -0.25) is 4.79 Å². The lowest BCUT2D eigenvalue weighted by molar-refractivity contribution is -0.134. The number of amides is 1. The van der Waals surface area contributed by atoms with Crippen LogP contribution in [0.25, 0.3) is 0 Å². The van der Waals surface area contributed by atoms with E-state index >= 15 is 0 Å². The van der Waals surface area contributed by atoms with Crippen molar-refractivity contribution in [2.75, 3.05) is 0 Å². The van der Waals surface area contributed by atoms with Crippen LogP contribution in [-0.2, 0) is 14.4 Å². The van der Waals surface area contributed by atoms with Crippen LogP contribution >= 0.6 is 11.6 Å². The van der Waals surface area contributed by atoms with Crippen molar-refractivity contribution in [3.63, 3.8) is 0 Å². The lowest BCUT2D eigenvalue weighted by atomic mass is 10.5. The second-order valence-electron chi connectivity index (χ2n) is 1.77. The van der Waals surface area contributed by atoms with Crippen molar-refractivity contribution in [3.05, 3.63) is 36.9 Å². The quantitative estimate of drug-likeness (QED) is 0.638. The number of carbonyl (C=O) groups excluding carboxylic acids is 1. The van der Waals surface area contributed by atoms with Gasteiger partial charge in [0.05, 0.1) is 0 Å². The maximum atomic E-state index is 9.55. The maximum absolute atomic E-state index is 9.55. The van der Waals surface area contributed by atoms with E-state index in [1.807, 2.05) is 0 Å². The highest BCUT2D eigenvalue weighted by Crippen LogP contribution is 1.70. The Balaban J connectivity index is -0.000000181. The number of aliphatic carboxylic acids is 2. The Bertz CT molecular complexity index is 270. The molecule has 0 saturated carbocycles. The van der Waals surface area contributed by atoms with E-state index in [1.54, 1.807) is 0 Å². The van der Waals surface area contributed by atoms with Crippen molar-refractivity contribution in [1.82, 2.24) is 0 Å². The van der Waals surface area contributed by atoms with Crippen LogP contribution in [0.5, 0.6) is 0 Å². The normalized spacial score (nSPS) is 7.56. The topological polar surface area (TPSA) is 118 Å². The van der Waals surface area contributed by atoms with Crippen LogP contribution in [0.1, 0.15) is 0 Å². The van der Waals surface area contributed by atoms with Crippen LogP contribution < -0.4 is 5.73 Å². The van der Waals surface area contributed by atoms with E-state index in [1.165, 1.54) is 5.54 Å². The Labute approximate surface area is 97.3 Å². The molecule has 0 spiro atoms. The van der Waals surface area contributed by atoms with Crippen molar-refractivity contribution >= 4 is 29.4 Å². The Morgan fingerprint density at radius 2 is 1.25 bits per heavy atom. The molecular weight excluding hydrogens is 238 g/mol. The lowest BCUT2D eigenvalue weighted by Crippen LogP contribution is -2.04. The molecule has 0 aliphatic rings. The minimum atomic E-state index is -1.26. The van der Waals surface area contributed by atoms with Gasteiger partial charge in [0.15, 0.2) is 0 Å². The molecule has 0 aliphatic carbocycles. The summed E-state index contributed by atoms with van der Waals surface area (Å²) in [7, 11) is 0. The highest BCUT2D eigenvalue weighted by molar-refractivity contribution is 6.25. The SMILES string of the molecule is C=CC(N)=O.C=CCl.O=C(O)/C=C\C(=O)O. The molecule has 7 heteroatoms. The summed E-state index contributed by atoms with van der Waals surface area (Å²) in [5, 5.41) is 15.6. The van der Waals surface area contributed by atoms with Gasteiger partial charge in [-0.15, -0.1) is 0 Å². The summed E-state index contributed by atoms with van der Waals surface area (Å²) in [6, 6.07) is 0. The van der Waals surface area contributed by atoms with Crippen molar-refractivity contribution in [3.8, 4) is 0 Å². The third-order valence-electron chi connectivity index (χ3n) is 0.570. The minimum absolute atomic E-state index is 0.481. The van der Waals surface area contributed by atoms with Gasteiger partial charge in [0.25, 0.3) is 0 Å². The van der Waals surface area contributed by atoms with Crippen molar-refractivity contribution in [2.24, 2.45) is 5.73 Å². The first-order valence-corrected chi connectivity index (χ1v) is 4.02. The molecule has 0 heterocycles. The molecule has 16 heavy (non-hydrogen) atoms. The number of carboxylic acids is 2. The zero-order valence-electron chi connectivity index (χ0n) is 8.30. The van der Waals surface area contributed by atoms with E-state index in [4.69, 9.17) is 21.8 Å². The summed E-state index contributed by atoms with van der Waals surface area (Å²) in [4.78, 5) is 28.6. The number of halogens is 1. The third-order valence-corrected chi connectivity index (χ3v) is 0.570. The van der Waals surface area contributed by atoms with Gasteiger partial charge in [-0.05, 0) is 11.6 Å². The molecule has 4 N–H and O–H groups in total. The average Bonchev–Trinajstić information content (AvgIpc) is 2.17. The molecule has 0 radical (unpaired) electrons. The largest absolute Gasteiger partial charge is 0.478 e. The smallest absolute Gasteiger partial charge is 0.328 e. The summed E-state index contributed by atoms with van der Waals surface area (Å²) in [5.74, 6) is -3.00. The minimum Gasteiger partial charge on any atom is -0.478 e. The Morgan fingerprint density at radius 3 is 1.31 bits per heavy atom. The summed E-state index contributed by atoms with van der Waals surface area (Å²) in [6.45, 7) is 6.21. The van der Waals surface area contributed by atoms with Gasteiger partial charge in [0, 0.05) is 12.2 Å². The van der Waals surface area contributed by atoms with Crippen LogP contribution in [0.4, 0.5) is 0 Å². The zero-order valence-corrected chi connectivity index (χ0v) is 9.05. The molecule has 0 saturated heterocycles. The maximum Gasteiger partial charge on any atom is 0.328 e. The van der Waals surface area contributed by atoms with Crippen LogP contribution in [-0.4, -0.2) is 28.1 Å². The van der Waals surface area contributed by atoms with Crippen molar-refractivity contribution in [2.45, 2.75) is 0 Å². The first-order chi connectivity index (χ1) is 7.31. The summed E-state index contributed by atoms with van der Waals surface area (Å²) < 4.78 is 0. The van der Waals surface area contributed by atoms with Crippen molar-refractivity contribution < 1.29 is 24.6 Å². The summed E-state index contributed by atoms with van der Waals surface area (Å²) in [5.41, 5.74) is 5.76. The molecule has 0 aromatic rings. The number of rotatable bonds is 3. The van der Waals surface area contributed by atoms with E-state index in [2.05, 4.69) is 18.9 Å². The molecule has 6 nitrogen and oxygen atoms in total. The number of nitrogens with two attached hydrogens (primary N) is 1. The second kappa shape index (κ2) is 15.4. The Kier molecular flexibility index (Phi) is 18.7. The molecule has 0 bridgehead atoms.